The van der Waals surface area contributed by atoms with E-state index in [4.69, 9.17) is 23.2 Å². The molecule has 3 rings (SSSR count). The van der Waals surface area contributed by atoms with E-state index in [1.807, 2.05) is 60.7 Å². The molecule has 2 amide bonds. The Kier molecular flexibility index (Phi) is 8.10. The molecule has 0 bridgehead atoms. The lowest BCUT2D eigenvalue weighted by molar-refractivity contribution is -0.140. The van der Waals surface area contributed by atoms with Gasteiger partial charge in [-0.2, -0.15) is 0 Å². The van der Waals surface area contributed by atoms with Gasteiger partial charge in [-0.25, -0.2) is 0 Å². The van der Waals surface area contributed by atoms with Crippen LogP contribution >= 0.6 is 23.2 Å². The van der Waals surface area contributed by atoms with Crippen LogP contribution in [0.2, 0.25) is 10.0 Å². The summed E-state index contributed by atoms with van der Waals surface area (Å²) in [4.78, 5) is 27.9. The first-order valence-electron chi connectivity index (χ1n) is 10.00. The first-order valence-corrected chi connectivity index (χ1v) is 10.8. The van der Waals surface area contributed by atoms with Gasteiger partial charge in [-0.05, 0) is 41.0 Å². The van der Waals surface area contributed by atoms with Gasteiger partial charge in [0.25, 0.3) is 0 Å². The van der Waals surface area contributed by atoms with Gasteiger partial charge in [-0.3, -0.25) is 9.59 Å². The van der Waals surface area contributed by atoms with Gasteiger partial charge in [0.05, 0.1) is 6.42 Å². The number of hydrogen-bond acceptors (Lipinski definition) is 2. The highest BCUT2D eigenvalue weighted by Gasteiger charge is 2.29. The molecule has 31 heavy (non-hydrogen) atoms. The number of rotatable bonds is 8. The van der Waals surface area contributed by atoms with Gasteiger partial charge < -0.3 is 10.2 Å². The number of nitrogens with zero attached hydrogens (tertiary/aromatic N) is 1. The van der Waals surface area contributed by atoms with Gasteiger partial charge in [-0.15, -0.1) is 0 Å². The zero-order valence-electron chi connectivity index (χ0n) is 17.2. The summed E-state index contributed by atoms with van der Waals surface area (Å²) in [5.74, 6) is -0.378. The second kappa shape index (κ2) is 11.0. The fourth-order valence-electron chi connectivity index (χ4n) is 3.48. The van der Waals surface area contributed by atoms with Crippen LogP contribution in [0.3, 0.4) is 0 Å². The van der Waals surface area contributed by atoms with Crippen LogP contribution in [-0.2, 0) is 29.0 Å². The zero-order valence-corrected chi connectivity index (χ0v) is 18.7. The Hall–Kier alpha value is -2.82. The highest BCUT2D eigenvalue weighted by atomic mass is 35.5. The summed E-state index contributed by atoms with van der Waals surface area (Å²) in [5, 5.41) is 3.86. The minimum atomic E-state index is -0.668. The highest BCUT2D eigenvalue weighted by molar-refractivity contribution is 6.30. The van der Waals surface area contributed by atoms with Crippen molar-refractivity contribution in [2.75, 3.05) is 7.05 Å². The predicted octanol–water partition coefficient (Wildman–Crippen LogP) is 4.92. The SMILES string of the molecule is CNC(=O)[C@H](Cc1ccccc1)N(Cc1cccc(Cl)c1)C(=O)Cc1cccc(Cl)c1. The molecule has 0 radical (unpaired) electrons. The lowest BCUT2D eigenvalue weighted by atomic mass is 10.0. The third-order valence-electron chi connectivity index (χ3n) is 5.00. The molecule has 0 aromatic heterocycles. The average molecular weight is 455 g/mol. The van der Waals surface area contributed by atoms with E-state index < -0.39 is 6.04 Å². The topological polar surface area (TPSA) is 49.4 Å². The van der Waals surface area contributed by atoms with E-state index in [0.717, 1.165) is 16.7 Å². The van der Waals surface area contributed by atoms with E-state index >= 15 is 0 Å². The van der Waals surface area contributed by atoms with Crippen LogP contribution in [0.25, 0.3) is 0 Å². The fraction of sp³-hybridized carbons (Fsp3) is 0.200. The molecule has 0 aliphatic carbocycles. The molecule has 160 valence electrons. The summed E-state index contributed by atoms with van der Waals surface area (Å²) in [5.41, 5.74) is 2.63. The van der Waals surface area contributed by atoms with E-state index in [2.05, 4.69) is 5.32 Å². The lowest BCUT2D eigenvalue weighted by Gasteiger charge is -2.31. The molecular formula is C25H24Cl2N2O2. The maximum absolute atomic E-state index is 13.4. The van der Waals surface area contributed by atoms with Crippen molar-refractivity contribution in [2.24, 2.45) is 0 Å². The van der Waals surface area contributed by atoms with Crippen molar-refractivity contribution in [3.8, 4) is 0 Å². The Morgan fingerprint density at radius 2 is 1.42 bits per heavy atom. The monoisotopic (exact) mass is 454 g/mol. The maximum atomic E-state index is 13.4. The molecule has 6 heteroatoms. The molecule has 3 aromatic rings. The molecule has 1 N–H and O–H groups in total. The second-order valence-corrected chi connectivity index (χ2v) is 8.15. The molecule has 4 nitrogen and oxygen atoms in total. The van der Waals surface area contributed by atoms with Crippen molar-refractivity contribution in [2.45, 2.75) is 25.4 Å². The molecule has 3 aromatic carbocycles. The zero-order chi connectivity index (χ0) is 22.2. The summed E-state index contributed by atoms with van der Waals surface area (Å²) in [7, 11) is 1.58. The smallest absolute Gasteiger partial charge is 0.242 e. The Labute approximate surface area is 192 Å². The van der Waals surface area contributed by atoms with Gasteiger partial charge >= 0.3 is 0 Å². The molecule has 0 saturated carbocycles. The minimum absolute atomic E-state index is 0.142. The molecule has 0 unspecified atom stereocenters. The van der Waals surface area contributed by atoms with Crippen molar-refractivity contribution in [1.82, 2.24) is 10.2 Å². The van der Waals surface area contributed by atoms with Crippen molar-refractivity contribution in [1.29, 1.82) is 0 Å². The van der Waals surface area contributed by atoms with Crippen LogP contribution in [0.5, 0.6) is 0 Å². The summed E-state index contributed by atoms with van der Waals surface area (Å²) < 4.78 is 0. The van der Waals surface area contributed by atoms with Gasteiger partial charge in [0.15, 0.2) is 0 Å². The lowest BCUT2D eigenvalue weighted by Crippen LogP contribution is -2.50. The van der Waals surface area contributed by atoms with E-state index in [9.17, 15) is 9.59 Å². The number of hydrogen-bond donors (Lipinski definition) is 1. The largest absolute Gasteiger partial charge is 0.357 e. The van der Waals surface area contributed by atoms with Crippen molar-refractivity contribution >= 4 is 35.0 Å². The normalized spacial score (nSPS) is 11.6. The summed E-state index contributed by atoms with van der Waals surface area (Å²) in [6.45, 7) is 0.269. The van der Waals surface area contributed by atoms with Crippen LogP contribution in [0.1, 0.15) is 16.7 Å². The Bertz CT molecular complexity index is 1040. The van der Waals surface area contributed by atoms with Crippen LogP contribution < -0.4 is 5.32 Å². The Balaban J connectivity index is 1.94. The van der Waals surface area contributed by atoms with Crippen LogP contribution in [0.15, 0.2) is 78.9 Å². The van der Waals surface area contributed by atoms with Crippen molar-refractivity contribution in [3.05, 3.63) is 106 Å². The molecule has 0 saturated heterocycles. The van der Waals surface area contributed by atoms with E-state index in [0.29, 0.717) is 16.5 Å². The Morgan fingerprint density at radius 1 is 0.839 bits per heavy atom. The molecule has 0 fully saturated rings. The summed E-state index contributed by atoms with van der Waals surface area (Å²) >= 11 is 12.3. The summed E-state index contributed by atoms with van der Waals surface area (Å²) in [6, 6.07) is 23.5. The van der Waals surface area contributed by atoms with Gasteiger partial charge in [0.2, 0.25) is 11.8 Å². The average Bonchev–Trinajstić information content (AvgIpc) is 2.76. The van der Waals surface area contributed by atoms with E-state index in [-0.39, 0.29) is 24.8 Å². The molecule has 0 heterocycles. The van der Waals surface area contributed by atoms with Crippen molar-refractivity contribution in [3.63, 3.8) is 0 Å². The molecular weight excluding hydrogens is 431 g/mol. The third-order valence-corrected chi connectivity index (χ3v) is 5.47. The van der Waals surface area contributed by atoms with Crippen LogP contribution in [0.4, 0.5) is 0 Å². The predicted molar refractivity (Wildman–Crippen MR) is 125 cm³/mol. The van der Waals surface area contributed by atoms with Gasteiger partial charge in [0, 0.05) is 30.1 Å². The highest BCUT2D eigenvalue weighted by Crippen LogP contribution is 2.19. The Morgan fingerprint density at radius 3 is 2.03 bits per heavy atom. The molecule has 1 atom stereocenters. The second-order valence-electron chi connectivity index (χ2n) is 7.28. The first-order chi connectivity index (χ1) is 15.0. The third kappa shape index (κ3) is 6.58. The fourth-order valence-corrected chi connectivity index (χ4v) is 3.90. The van der Waals surface area contributed by atoms with Crippen molar-refractivity contribution < 1.29 is 9.59 Å². The maximum Gasteiger partial charge on any atom is 0.242 e. The number of amides is 2. The van der Waals surface area contributed by atoms with Gasteiger partial charge in [-0.1, -0.05) is 77.8 Å². The minimum Gasteiger partial charge on any atom is -0.357 e. The standard InChI is InChI=1S/C25H24Cl2N2O2/c1-28-25(31)23(15-18-7-3-2-4-8-18)29(17-20-10-6-12-22(27)14-20)24(30)16-19-9-5-11-21(26)13-19/h2-14,23H,15-17H2,1H3,(H,28,31)/t23-/m0/s1. The number of carbonyl (C=O) groups is 2. The quantitative estimate of drug-likeness (QED) is 0.524. The van der Waals surface area contributed by atoms with E-state index in [1.165, 1.54) is 0 Å². The number of benzene rings is 3. The van der Waals surface area contributed by atoms with Crippen LogP contribution in [0, 0.1) is 0 Å². The molecule has 0 aliphatic rings. The number of halogens is 2. The number of carbonyl (C=O) groups excluding carboxylic acids is 2. The molecule has 0 aliphatic heterocycles. The summed E-state index contributed by atoms with van der Waals surface area (Å²) in [6.07, 6.45) is 0.547. The number of nitrogens with one attached hydrogen (secondary N) is 1. The van der Waals surface area contributed by atoms with Crippen LogP contribution in [-0.4, -0.2) is 29.8 Å². The molecule has 0 spiro atoms. The van der Waals surface area contributed by atoms with Gasteiger partial charge in [0.1, 0.15) is 6.04 Å². The first kappa shape index (κ1) is 22.9. The van der Waals surface area contributed by atoms with E-state index in [1.54, 1.807) is 30.1 Å². The number of likely N-dealkylation sites (N-methyl/N-ethyl adjacent to an activating group) is 1.